The lowest BCUT2D eigenvalue weighted by molar-refractivity contribution is 0.282. The Labute approximate surface area is 96.1 Å². The highest BCUT2D eigenvalue weighted by atomic mass is 16.3. The fourth-order valence-electron chi connectivity index (χ4n) is 1.34. The van der Waals surface area contributed by atoms with E-state index in [9.17, 15) is 0 Å². The van der Waals surface area contributed by atoms with Crippen molar-refractivity contribution in [2.75, 3.05) is 17.7 Å². The molecule has 16 heavy (non-hydrogen) atoms. The summed E-state index contributed by atoms with van der Waals surface area (Å²) >= 11 is 0. The number of nitrogens with one attached hydrogen (secondary N) is 1. The molecule has 90 valence electrons. The molecule has 5 heteroatoms. The molecule has 1 heterocycles. The van der Waals surface area contributed by atoms with E-state index >= 15 is 0 Å². The Kier molecular flexibility index (Phi) is 4.49. The van der Waals surface area contributed by atoms with E-state index in [0.717, 1.165) is 11.6 Å². The van der Waals surface area contributed by atoms with Crippen LogP contribution in [0.15, 0.2) is 6.07 Å². The number of aliphatic hydroxyl groups excluding tert-OH is 1. The van der Waals surface area contributed by atoms with Gasteiger partial charge in [0.15, 0.2) is 0 Å². The van der Waals surface area contributed by atoms with E-state index in [4.69, 9.17) is 10.8 Å². The van der Waals surface area contributed by atoms with Crippen molar-refractivity contribution in [2.24, 2.45) is 0 Å². The first kappa shape index (κ1) is 12.7. The van der Waals surface area contributed by atoms with Crippen molar-refractivity contribution < 1.29 is 5.11 Å². The van der Waals surface area contributed by atoms with Crippen molar-refractivity contribution in [1.29, 1.82) is 0 Å². The summed E-state index contributed by atoms with van der Waals surface area (Å²) in [6.45, 7) is 6.20. The van der Waals surface area contributed by atoms with Crippen molar-refractivity contribution in [3.05, 3.63) is 11.9 Å². The number of aromatic nitrogens is 2. The Morgan fingerprint density at radius 2 is 2.06 bits per heavy atom. The maximum Gasteiger partial charge on any atom is 0.135 e. The highest BCUT2D eigenvalue weighted by Gasteiger charge is 2.08. The molecule has 0 aliphatic rings. The van der Waals surface area contributed by atoms with Gasteiger partial charge in [0.2, 0.25) is 0 Å². The van der Waals surface area contributed by atoms with Crippen LogP contribution >= 0.6 is 0 Å². The summed E-state index contributed by atoms with van der Waals surface area (Å²) in [7, 11) is 0. The summed E-state index contributed by atoms with van der Waals surface area (Å²) in [5, 5.41) is 12.0. The molecule has 0 fully saturated rings. The zero-order valence-electron chi connectivity index (χ0n) is 10.1. The molecule has 1 atom stereocenters. The van der Waals surface area contributed by atoms with Crippen LogP contribution in [0.5, 0.6) is 0 Å². The lowest BCUT2D eigenvalue weighted by atomic mass is 10.2. The van der Waals surface area contributed by atoms with Gasteiger partial charge in [-0.25, -0.2) is 9.97 Å². The van der Waals surface area contributed by atoms with Gasteiger partial charge in [-0.1, -0.05) is 13.8 Å². The van der Waals surface area contributed by atoms with Crippen LogP contribution in [0.25, 0.3) is 0 Å². The summed E-state index contributed by atoms with van der Waals surface area (Å²) in [4.78, 5) is 8.54. The van der Waals surface area contributed by atoms with Crippen molar-refractivity contribution in [1.82, 2.24) is 9.97 Å². The van der Waals surface area contributed by atoms with E-state index in [-0.39, 0.29) is 18.6 Å². The minimum Gasteiger partial charge on any atom is -0.396 e. The molecule has 0 spiro atoms. The van der Waals surface area contributed by atoms with Crippen LogP contribution in [0.1, 0.15) is 38.9 Å². The summed E-state index contributed by atoms with van der Waals surface area (Å²) in [6, 6.07) is 1.87. The summed E-state index contributed by atoms with van der Waals surface area (Å²) in [6.07, 6.45) is 0.681. The number of nitrogens with zero attached hydrogens (tertiary/aromatic N) is 2. The second kappa shape index (κ2) is 5.65. The minimum atomic E-state index is 0.159. The van der Waals surface area contributed by atoms with Crippen LogP contribution in [0.3, 0.4) is 0 Å². The second-order valence-electron chi connectivity index (χ2n) is 4.25. The maximum absolute atomic E-state index is 8.81. The van der Waals surface area contributed by atoms with E-state index in [2.05, 4.69) is 15.3 Å². The predicted molar refractivity (Wildman–Crippen MR) is 65.3 cm³/mol. The Morgan fingerprint density at radius 1 is 1.38 bits per heavy atom. The molecule has 1 rings (SSSR count). The summed E-state index contributed by atoms with van der Waals surface area (Å²) < 4.78 is 0. The van der Waals surface area contributed by atoms with Gasteiger partial charge in [0, 0.05) is 24.6 Å². The zero-order chi connectivity index (χ0) is 12.1. The van der Waals surface area contributed by atoms with Gasteiger partial charge in [0.05, 0.1) is 0 Å². The standard InChI is InChI=1S/C11H20N4O/c1-7(2)11-14-9(12)6-10(15-11)13-8(3)4-5-16/h6-8,16H,4-5H2,1-3H3,(H3,12,13,14,15). The fourth-order valence-corrected chi connectivity index (χ4v) is 1.34. The largest absolute Gasteiger partial charge is 0.396 e. The van der Waals surface area contributed by atoms with Gasteiger partial charge in [-0.15, -0.1) is 0 Å². The lowest BCUT2D eigenvalue weighted by Crippen LogP contribution is -2.18. The first-order valence-electron chi connectivity index (χ1n) is 5.54. The molecule has 0 bridgehead atoms. The van der Waals surface area contributed by atoms with Gasteiger partial charge in [-0.05, 0) is 13.3 Å². The minimum absolute atomic E-state index is 0.159. The van der Waals surface area contributed by atoms with E-state index < -0.39 is 0 Å². The maximum atomic E-state index is 8.81. The van der Waals surface area contributed by atoms with Crippen LogP contribution in [0, 0.1) is 0 Å². The zero-order valence-corrected chi connectivity index (χ0v) is 10.1. The quantitative estimate of drug-likeness (QED) is 0.703. The number of hydrogen-bond donors (Lipinski definition) is 3. The van der Waals surface area contributed by atoms with Crippen LogP contribution < -0.4 is 11.1 Å². The van der Waals surface area contributed by atoms with E-state index in [1.807, 2.05) is 20.8 Å². The smallest absolute Gasteiger partial charge is 0.135 e. The number of nitrogen functional groups attached to an aromatic ring is 1. The molecule has 0 aromatic carbocycles. The number of anilines is 2. The third-order valence-corrected chi connectivity index (χ3v) is 2.24. The Morgan fingerprint density at radius 3 is 2.62 bits per heavy atom. The number of nitrogens with two attached hydrogens (primary N) is 1. The summed E-state index contributed by atoms with van der Waals surface area (Å²) in [5.74, 6) is 2.17. The number of hydrogen-bond acceptors (Lipinski definition) is 5. The summed E-state index contributed by atoms with van der Waals surface area (Å²) in [5.41, 5.74) is 5.71. The van der Waals surface area contributed by atoms with Gasteiger partial charge in [0.25, 0.3) is 0 Å². The average Bonchev–Trinajstić information content (AvgIpc) is 2.16. The van der Waals surface area contributed by atoms with E-state index in [1.54, 1.807) is 6.07 Å². The molecule has 1 unspecified atom stereocenters. The molecule has 0 aliphatic heterocycles. The molecule has 5 nitrogen and oxygen atoms in total. The first-order valence-corrected chi connectivity index (χ1v) is 5.54. The van der Waals surface area contributed by atoms with Gasteiger partial charge in [0.1, 0.15) is 17.5 Å². The molecule has 0 amide bonds. The van der Waals surface area contributed by atoms with E-state index in [1.165, 1.54) is 0 Å². The van der Waals surface area contributed by atoms with Crippen molar-refractivity contribution >= 4 is 11.6 Å². The Hall–Kier alpha value is -1.36. The van der Waals surface area contributed by atoms with Crippen LogP contribution in [-0.2, 0) is 0 Å². The molecule has 0 saturated heterocycles. The fraction of sp³-hybridized carbons (Fsp3) is 0.636. The third kappa shape index (κ3) is 3.66. The van der Waals surface area contributed by atoms with Gasteiger partial charge in [-0.2, -0.15) is 0 Å². The van der Waals surface area contributed by atoms with Crippen LogP contribution in [-0.4, -0.2) is 27.7 Å². The third-order valence-electron chi connectivity index (χ3n) is 2.24. The topological polar surface area (TPSA) is 84.1 Å². The van der Waals surface area contributed by atoms with Gasteiger partial charge in [-0.3, -0.25) is 0 Å². The van der Waals surface area contributed by atoms with E-state index in [0.29, 0.717) is 12.2 Å². The second-order valence-corrected chi connectivity index (χ2v) is 4.25. The first-order chi connectivity index (χ1) is 7.52. The van der Waals surface area contributed by atoms with Crippen molar-refractivity contribution in [3.8, 4) is 0 Å². The van der Waals surface area contributed by atoms with Crippen LogP contribution in [0.4, 0.5) is 11.6 Å². The van der Waals surface area contributed by atoms with Gasteiger partial charge < -0.3 is 16.2 Å². The number of rotatable bonds is 5. The van der Waals surface area contributed by atoms with Crippen molar-refractivity contribution in [3.63, 3.8) is 0 Å². The molecule has 0 aliphatic carbocycles. The van der Waals surface area contributed by atoms with Gasteiger partial charge >= 0.3 is 0 Å². The highest BCUT2D eigenvalue weighted by Crippen LogP contribution is 2.15. The average molecular weight is 224 g/mol. The normalized spacial score (nSPS) is 12.8. The molecule has 1 aromatic heterocycles. The lowest BCUT2D eigenvalue weighted by Gasteiger charge is -2.14. The molecule has 4 N–H and O–H groups in total. The highest BCUT2D eigenvalue weighted by molar-refractivity contribution is 5.45. The van der Waals surface area contributed by atoms with Crippen LogP contribution in [0.2, 0.25) is 0 Å². The predicted octanol–water partition coefficient (Wildman–Crippen LogP) is 1.36. The number of aliphatic hydroxyl groups is 1. The Bertz CT molecular complexity index is 341. The molecular formula is C11H20N4O. The van der Waals surface area contributed by atoms with Crippen molar-refractivity contribution in [2.45, 2.75) is 39.2 Å². The molecule has 1 aromatic rings. The Balaban J connectivity index is 2.80. The monoisotopic (exact) mass is 224 g/mol. The molecule has 0 saturated carbocycles. The molecular weight excluding hydrogens is 204 g/mol. The SMILES string of the molecule is CC(CCO)Nc1cc(N)nc(C(C)C)n1. The molecule has 0 radical (unpaired) electrons.